The predicted molar refractivity (Wildman–Crippen MR) is 48.3 cm³/mol. The van der Waals surface area contributed by atoms with Crippen molar-refractivity contribution >= 4 is 17.7 Å². The summed E-state index contributed by atoms with van der Waals surface area (Å²) in [7, 11) is 0. The number of aliphatic hydroxyl groups is 1. The van der Waals surface area contributed by atoms with Gasteiger partial charge in [0.2, 0.25) is 0 Å². The lowest BCUT2D eigenvalue weighted by atomic mass is 10.2. The highest BCUT2D eigenvalue weighted by atomic mass is 32.2. The van der Waals surface area contributed by atoms with E-state index >= 15 is 0 Å². The first-order valence-electron chi connectivity index (χ1n) is 4.14. The molecule has 2 N–H and O–H groups in total. The molecule has 0 unspecified atom stereocenters. The predicted octanol–water partition coefficient (Wildman–Crippen LogP) is 0.823. The molecule has 70 valence electrons. The third-order valence-electron chi connectivity index (χ3n) is 2.07. The Kier molecular flexibility index (Phi) is 3.88. The fourth-order valence-corrected chi connectivity index (χ4v) is 2.29. The summed E-state index contributed by atoms with van der Waals surface area (Å²) in [6.45, 7) is 0.223. The van der Waals surface area contributed by atoms with E-state index < -0.39 is 5.97 Å². The molecule has 0 radical (unpaired) electrons. The molecule has 0 spiro atoms. The Morgan fingerprint density at radius 3 is 2.83 bits per heavy atom. The van der Waals surface area contributed by atoms with E-state index in [9.17, 15) is 4.79 Å². The normalized spacial score (nSPS) is 27.1. The number of aliphatic carboxylic acids is 1. The van der Waals surface area contributed by atoms with Gasteiger partial charge in [-0.05, 0) is 24.0 Å². The fraction of sp³-hybridized carbons (Fsp3) is 0.875. The molecule has 1 aliphatic rings. The van der Waals surface area contributed by atoms with Crippen molar-refractivity contribution in [3.8, 4) is 0 Å². The molecular formula is C8H14O3S. The maximum Gasteiger partial charge on any atom is 0.303 e. The van der Waals surface area contributed by atoms with E-state index in [0.29, 0.717) is 18.3 Å². The van der Waals surface area contributed by atoms with Crippen LogP contribution < -0.4 is 0 Å². The van der Waals surface area contributed by atoms with Gasteiger partial charge in [-0.3, -0.25) is 4.79 Å². The number of carboxylic acid groups (broad SMARTS) is 1. The second-order valence-electron chi connectivity index (χ2n) is 3.15. The highest BCUT2D eigenvalue weighted by Gasteiger charge is 2.37. The van der Waals surface area contributed by atoms with Crippen molar-refractivity contribution in [3.63, 3.8) is 0 Å². The first-order valence-corrected chi connectivity index (χ1v) is 5.30. The molecule has 0 heterocycles. The molecule has 1 saturated carbocycles. The van der Waals surface area contributed by atoms with Crippen LogP contribution in [-0.2, 0) is 4.79 Å². The first-order chi connectivity index (χ1) is 5.74. The summed E-state index contributed by atoms with van der Waals surface area (Å²) in [6, 6.07) is 0. The molecule has 0 amide bonds. The van der Waals surface area contributed by atoms with Gasteiger partial charge in [0.25, 0.3) is 0 Å². The molecule has 2 atom stereocenters. The topological polar surface area (TPSA) is 57.5 Å². The molecular weight excluding hydrogens is 176 g/mol. The van der Waals surface area contributed by atoms with Gasteiger partial charge in [0.1, 0.15) is 0 Å². The minimum absolute atomic E-state index is 0.223. The van der Waals surface area contributed by atoms with E-state index in [1.165, 1.54) is 0 Å². The Bertz CT molecular complexity index is 160. The van der Waals surface area contributed by atoms with Gasteiger partial charge in [-0.1, -0.05) is 0 Å². The van der Waals surface area contributed by atoms with E-state index in [2.05, 4.69) is 0 Å². The van der Waals surface area contributed by atoms with Crippen molar-refractivity contribution in [3.05, 3.63) is 0 Å². The van der Waals surface area contributed by atoms with Crippen molar-refractivity contribution in [1.82, 2.24) is 0 Å². The van der Waals surface area contributed by atoms with Gasteiger partial charge in [0, 0.05) is 12.2 Å². The van der Waals surface area contributed by atoms with Crippen LogP contribution in [0.5, 0.6) is 0 Å². The summed E-state index contributed by atoms with van der Waals surface area (Å²) in [5.74, 6) is 2.11. The standard InChI is InChI=1S/C8H14O3S/c9-1-2-12-5-7-3-6(7)4-8(10)11/h6-7,9H,1-5H2,(H,10,11)/t6-,7-/m0/s1. The average Bonchev–Trinajstić information content (AvgIpc) is 2.67. The number of hydrogen-bond acceptors (Lipinski definition) is 3. The minimum atomic E-state index is -0.686. The summed E-state index contributed by atoms with van der Waals surface area (Å²) in [4.78, 5) is 10.3. The van der Waals surface area contributed by atoms with Gasteiger partial charge in [-0.2, -0.15) is 11.8 Å². The fourth-order valence-electron chi connectivity index (χ4n) is 1.29. The zero-order chi connectivity index (χ0) is 8.97. The first kappa shape index (κ1) is 9.86. The van der Waals surface area contributed by atoms with Crippen LogP contribution in [0.15, 0.2) is 0 Å². The molecule has 0 aliphatic heterocycles. The molecule has 3 nitrogen and oxygen atoms in total. The molecule has 4 heteroatoms. The number of rotatable bonds is 6. The largest absolute Gasteiger partial charge is 0.481 e. The lowest BCUT2D eigenvalue weighted by Gasteiger charge is -1.96. The Labute approximate surface area is 76.2 Å². The molecule has 0 aromatic rings. The molecule has 1 aliphatic carbocycles. The summed E-state index contributed by atoms with van der Waals surface area (Å²) < 4.78 is 0. The van der Waals surface area contributed by atoms with Gasteiger partial charge >= 0.3 is 5.97 Å². The second kappa shape index (κ2) is 4.72. The molecule has 0 saturated heterocycles. The lowest BCUT2D eigenvalue weighted by molar-refractivity contribution is -0.137. The summed E-state index contributed by atoms with van der Waals surface area (Å²) in [6.07, 6.45) is 1.38. The van der Waals surface area contributed by atoms with Gasteiger partial charge in [-0.25, -0.2) is 0 Å². The van der Waals surface area contributed by atoms with Gasteiger partial charge in [0.05, 0.1) is 6.61 Å². The van der Waals surface area contributed by atoms with Crippen LogP contribution in [0.25, 0.3) is 0 Å². The van der Waals surface area contributed by atoms with Crippen molar-refractivity contribution in [2.24, 2.45) is 11.8 Å². The molecule has 1 rings (SSSR count). The Balaban J connectivity index is 1.97. The van der Waals surface area contributed by atoms with Gasteiger partial charge in [0.15, 0.2) is 0 Å². The number of thioether (sulfide) groups is 1. The SMILES string of the molecule is O=C(O)C[C@@H]1C[C@H]1CSCCO. The Hall–Kier alpha value is -0.220. The van der Waals surface area contributed by atoms with E-state index in [1.54, 1.807) is 11.8 Å². The van der Waals surface area contributed by atoms with Crippen LogP contribution in [0.1, 0.15) is 12.8 Å². The molecule has 1 fully saturated rings. The molecule has 0 aromatic carbocycles. The van der Waals surface area contributed by atoms with E-state index in [0.717, 1.165) is 17.9 Å². The molecule has 0 bridgehead atoms. The summed E-state index contributed by atoms with van der Waals surface area (Å²) in [5.41, 5.74) is 0. The van der Waals surface area contributed by atoms with Crippen LogP contribution in [0, 0.1) is 11.8 Å². The second-order valence-corrected chi connectivity index (χ2v) is 4.30. The van der Waals surface area contributed by atoms with Crippen LogP contribution in [0.4, 0.5) is 0 Å². The minimum Gasteiger partial charge on any atom is -0.481 e. The van der Waals surface area contributed by atoms with Crippen molar-refractivity contribution in [1.29, 1.82) is 0 Å². The Morgan fingerprint density at radius 1 is 1.50 bits per heavy atom. The molecule has 0 aromatic heterocycles. The summed E-state index contributed by atoms with van der Waals surface area (Å²) >= 11 is 1.71. The quantitative estimate of drug-likeness (QED) is 0.609. The van der Waals surface area contributed by atoms with Crippen molar-refractivity contribution in [2.75, 3.05) is 18.1 Å². The highest BCUT2D eigenvalue weighted by molar-refractivity contribution is 7.99. The highest BCUT2D eigenvalue weighted by Crippen LogP contribution is 2.43. The third-order valence-corrected chi connectivity index (χ3v) is 3.21. The number of carboxylic acids is 1. The van der Waals surface area contributed by atoms with Crippen LogP contribution in [-0.4, -0.2) is 34.3 Å². The summed E-state index contributed by atoms with van der Waals surface area (Å²) in [5, 5.41) is 17.0. The zero-order valence-corrected chi connectivity index (χ0v) is 7.72. The maximum absolute atomic E-state index is 10.3. The lowest BCUT2D eigenvalue weighted by Crippen LogP contribution is -1.98. The molecule has 12 heavy (non-hydrogen) atoms. The zero-order valence-electron chi connectivity index (χ0n) is 6.90. The number of carbonyl (C=O) groups is 1. The van der Waals surface area contributed by atoms with Crippen molar-refractivity contribution in [2.45, 2.75) is 12.8 Å². The van der Waals surface area contributed by atoms with Gasteiger partial charge < -0.3 is 10.2 Å². The smallest absolute Gasteiger partial charge is 0.303 e. The average molecular weight is 190 g/mol. The van der Waals surface area contributed by atoms with Crippen LogP contribution >= 0.6 is 11.8 Å². The van der Waals surface area contributed by atoms with E-state index in [4.69, 9.17) is 10.2 Å². The monoisotopic (exact) mass is 190 g/mol. The van der Waals surface area contributed by atoms with Crippen LogP contribution in [0.3, 0.4) is 0 Å². The van der Waals surface area contributed by atoms with E-state index in [-0.39, 0.29) is 6.61 Å². The number of hydrogen-bond donors (Lipinski definition) is 2. The maximum atomic E-state index is 10.3. The van der Waals surface area contributed by atoms with Gasteiger partial charge in [-0.15, -0.1) is 0 Å². The third kappa shape index (κ3) is 3.45. The number of aliphatic hydroxyl groups excluding tert-OH is 1. The van der Waals surface area contributed by atoms with Crippen LogP contribution in [0.2, 0.25) is 0 Å². The van der Waals surface area contributed by atoms with Crippen molar-refractivity contribution < 1.29 is 15.0 Å². The Morgan fingerprint density at radius 2 is 2.25 bits per heavy atom. The van der Waals surface area contributed by atoms with E-state index in [1.807, 2.05) is 0 Å².